The number of carbonyl (C=O) groups is 1. The Morgan fingerprint density at radius 3 is 2.64 bits per heavy atom. The number of amides is 1. The highest BCUT2D eigenvalue weighted by Gasteiger charge is 2.19. The number of nitrogens with one attached hydrogen (secondary N) is 1. The number of rotatable bonds is 7. The van der Waals surface area contributed by atoms with Gasteiger partial charge in [-0.25, -0.2) is 4.98 Å². The van der Waals surface area contributed by atoms with E-state index in [0.29, 0.717) is 5.56 Å². The molecule has 25 heavy (non-hydrogen) atoms. The third-order valence-electron chi connectivity index (χ3n) is 5.60. The molecule has 1 aromatic rings. The zero-order chi connectivity index (χ0) is 17.5. The number of hydrogen-bond donors (Lipinski definition) is 1. The summed E-state index contributed by atoms with van der Waals surface area (Å²) in [6.45, 7) is 3.81. The first kappa shape index (κ1) is 18.2. The van der Waals surface area contributed by atoms with E-state index in [1.807, 2.05) is 17.0 Å². The van der Waals surface area contributed by atoms with Crippen molar-refractivity contribution in [2.24, 2.45) is 0 Å². The van der Waals surface area contributed by atoms with Crippen molar-refractivity contribution in [1.29, 1.82) is 0 Å². The minimum atomic E-state index is 0.116. The van der Waals surface area contributed by atoms with Gasteiger partial charge in [0.25, 0.3) is 5.91 Å². The van der Waals surface area contributed by atoms with Gasteiger partial charge >= 0.3 is 0 Å². The fourth-order valence-electron chi connectivity index (χ4n) is 3.98. The molecular formula is C20H32N4O. The highest BCUT2D eigenvalue weighted by atomic mass is 16.2. The van der Waals surface area contributed by atoms with Gasteiger partial charge in [0.15, 0.2) is 0 Å². The lowest BCUT2D eigenvalue weighted by molar-refractivity contribution is 0.0792. The summed E-state index contributed by atoms with van der Waals surface area (Å²) in [5.74, 6) is 0.976. The molecule has 0 bridgehead atoms. The fraction of sp³-hybridized carbons (Fsp3) is 0.700. The Labute approximate surface area is 151 Å². The van der Waals surface area contributed by atoms with Gasteiger partial charge in [0, 0.05) is 31.9 Å². The SMILES string of the molecule is CN(CCCNc1ccc(C(=O)N2CCCC2)cn1)C1CCCCC1. The van der Waals surface area contributed by atoms with E-state index in [-0.39, 0.29) is 5.91 Å². The molecule has 0 radical (unpaired) electrons. The number of nitrogens with zero attached hydrogens (tertiary/aromatic N) is 3. The van der Waals surface area contributed by atoms with Crippen molar-refractivity contribution < 1.29 is 4.79 Å². The van der Waals surface area contributed by atoms with E-state index in [1.54, 1.807) is 6.20 Å². The van der Waals surface area contributed by atoms with Crippen LogP contribution in [0.2, 0.25) is 0 Å². The van der Waals surface area contributed by atoms with Gasteiger partial charge < -0.3 is 15.1 Å². The van der Waals surface area contributed by atoms with E-state index >= 15 is 0 Å². The van der Waals surface area contributed by atoms with Crippen molar-refractivity contribution in [3.05, 3.63) is 23.9 Å². The highest BCUT2D eigenvalue weighted by molar-refractivity contribution is 5.94. The minimum Gasteiger partial charge on any atom is -0.370 e. The Morgan fingerprint density at radius 2 is 1.96 bits per heavy atom. The van der Waals surface area contributed by atoms with Crippen LogP contribution in [-0.2, 0) is 0 Å². The van der Waals surface area contributed by atoms with Gasteiger partial charge in [0.2, 0.25) is 0 Å². The molecule has 1 aromatic heterocycles. The highest BCUT2D eigenvalue weighted by Crippen LogP contribution is 2.21. The Hall–Kier alpha value is -1.62. The molecule has 1 saturated carbocycles. The second kappa shape index (κ2) is 9.18. The molecule has 1 amide bonds. The summed E-state index contributed by atoms with van der Waals surface area (Å²) in [4.78, 5) is 21.2. The predicted molar refractivity (Wildman–Crippen MR) is 102 cm³/mol. The van der Waals surface area contributed by atoms with Crippen molar-refractivity contribution in [2.45, 2.75) is 57.4 Å². The lowest BCUT2D eigenvalue weighted by Crippen LogP contribution is -2.34. The zero-order valence-corrected chi connectivity index (χ0v) is 15.5. The summed E-state index contributed by atoms with van der Waals surface area (Å²) in [6, 6.07) is 4.60. The maximum absolute atomic E-state index is 12.3. The van der Waals surface area contributed by atoms with Crippen LogP contribution in [0.4, 0.5) is 5.82 Å². The van der Waals surface area contributed by atoms with Crippen molar-refractivity contribution in [3.8, 4) is 0 Å². The quantitative estimate of drug-likeness (QED) is 0.770. The molecule has 2 fully saturated rings. The molecule has 1 saturated heterocycles. The molecule has 0 aromatic carbocycles. The lowest BCUT2D eigenvalue weighted by Gasteiger charge is -2.31. The maximum Gasteiger partial charge on any atom is 0.255 e. The molecule has 138 valence electrons. The molecule has 0 spiro atoms. The van der Waals surface area contributed by atoms with Crippen LogP contribution in [0.25, 0.3) is 0 Å². The van der Waals surface area contributed by atoms with Crippen LogP contribution >= 0.6 is 0 Å². The number of hydrogen-bond acceptors (Lipinski definition) is 4. The molecule has 5 heteroatoms. The monoisotopic (exact) mass is 344 g/mol. The largest absolute Gasteiger partial charge is 0.370 e. The average molecular weight is 345 g/mol. The molecule has 1 aliphatic carbocycles. The van der Waals surface area contributed by atoms with Crippen molar-refractivity contribution >= 4 is 11.7 Å². The van der Waals surface area contributed by atoms with Gasteiger partial charge in [-0.3, -0.25) is 4.79 Å². The Balaban J connectivity index is 1.37. The summed E-state index contributed by atoms with van der Waals surface area (Å²) in [6.07, 6.45) is 12.0. The first-order valence-electron chi connectivity index (χ1n) is 9.93. The van der Waals surface area contributed by atoms with Gasteiger partial charge in [0.05, 0.1) is 5.56 Å². The number of pyridine rings is 1. The van der Waals surface area contributed by atoms with Crippen molar-refractivity contribution in [3.63, 3.8) is 0 Å². The Bertz CT molecular complexity index is 533. The summed E-state index contributed by atoms with van der Waals surface area (Å²) < 4.78 is 0. The summed E-state index contributed by atoms with van der Waals surface area (Å²) in [5, 5.41) is 3.38. The van der Waals surface area contributed by atoms with Gasteiger partial charge in [-0.1, -0.05) is 19.3 Å². The van der Waals surface area contributed by atoms with Crippen LogP contribution < -0.4 is 5.32 Å². The number of aromatic nitrogens is 1. The van der Waals surface area contributed by atoms with Crippen LogP contribution in [0.5, 0.6) is 0 Å². The number of anilines is 1. The van der Waals surface area contributed by atoms with E-state index in [4.69, 9.17) is 0 Å². The summed E-state index contributed by atoms with van der Waals surface area (Å²) in [7, 11) is 2.26. The predicted octanol–water partition coefficient (Wildman–Crippen LogP) is 3.38. The fourth-order valence-corrected chi connectivity index (χ4v) is 3.98. The first-order valence-corrected chi connectivity index (χ1v) is 9.93. The van der Waals surface area contributed by atoms with E-state index < -0.39 is 0 Å². The maximum atomic E-state index is 12.3. The molecule has 0 unspecified atom stereocenters. The molecule has 0 atom stereocenters. The van der Waals surface area contributed by atoms with E-state index in [1.165, 1.54) is 32.1 Å². The zero-order valence-electron chi connectivity index (χ0n) is 15.5. The van der Waals surface area contributed by atoms with E-state index in [2.05, 4.69) is 22.2 Å². The van der Waals surface area contributed by atoms with E-state index in [0.717, 1.165) is 57.3 Å². The Morgan fingerprint density at radius 1 is 1.20 bits per heavy atom. The molecule has 5 nitrogen and oxygen atoms in total. The van der Waals surface area contributed by atoms with Gasteiger partial charge in [-0.15, -0.1) is 0 Å². The van der Waals surface area contributed by atoms with Crippen molar-refractivity contribution in [2.75, 3.05) is 38.5 Å². The standard InChI is InChI=1S/C20H32N4O/c1-23(18-8-3-2-4-9-18)13-7-12-21-19-11-10-17(16-22-19)20(25)24-14-5-6-15-24/h10-11,16,18H,2-9,12-15H2,1H3,(H,21,22). The normalized spacial score (nSPS) is 18.7. The number of carbonyl (C=O) groups excluding carboxylic acids is 1. The smallest absolute Gasteiger partial charge is 0.255 e. The molecular weight excluding hydrogens is 312 g/mol. The minimum absolute atomic E-state index is 0.116. The van der Waals surface area contributed by atoms with Crippen LogP contribution in [0, 0.1) is 0 Å². The topological polar surface area (TPSA) is 48.5 Å². The molecule has 2 heterocycles. The van der Waals surface area contributed by atoms with Gasteiger partial charge in [-0.05, 0) is 57.8 Å². The van der Waals surface area contributed by atoms with Gasteiger partial charge in [-0.2, -0.15) is 0 Å². The van der Waals surface area contributed by atoms with Crippen LogP contribution in [0.15, 0.2) is 18.3 Å². The molecule has 2 aliphatic rings. The summed E-state index contributed by atoms with van der Waals surface area (Å²) >= 11 is 0. The second-order valence-corrected chi connectivity index (χ2v) is 7.48. The number of likely N-dealkylation sites (tertiary alicyclic amines) is 1. The lowest BCUT2D eigenvalue weighted by atomic mass is 9.94. The van der Waals surface area contributed by atoms with Crippen molar-refractivity contribution in [1.82, 2.24) is 14.8 Å². The molecule has 1 aliphatic heterocycles. The van der Waals surface area contributed by atoms with E-state index in [9.17, 15) is 4.79 Å². The molecule has 3 rings (SSSR count). The second-order valence-electron chi connectivity index (χ2n) is 7.48. The van der Waals surface area contributed by atoms with Crippen LogP contribution in [0.1, 0.15) is 61.7 Å². The third kappa shape index (κ3) is 5.18. The van der Waals surface area contributed by atoms with Crippen LogP contribution in [0.3, 0.4) is 0 Å². The Kier molecular flexibility index (Phi) is 6.68. The van der Waals surface area contributed by atoms with Crippen LogP contribution in [-0.4, -0.2) is 60.0 Å². The summed E-state index contributed by atoms with van der Waals surface area (Å²) in [5.41, 5.74) is 0.699. The first-order chi connectivity index (χ1) is 12.2. The molecule has 1 N–H and O–H groups in total. The average Bonchev–Trinajstić information content (AvgIpc) is 3.20. The third-order valence-corrected chi connectivity index (χ3v) is 5.60. The van der Waals surface area contributed by atoms with Gasteiger partial charge in [0.1, 0.15) is 5.82 Å².